The van der Waals surface area contributed by atoms with Gasteiger partial charge in [-0.3, -0.25) is 0 Å². The van der Waals surface area contributed by atoms with Gasteiger partial charge in [0.25, 0.3) is 10.2 Å². The summed E-state index contributed by atoms with van der Waals surface area (Å²) in [7, 11) is -3.43. The van der Waals surface area contributed by atoms with E-state index in [1.54, 1.807) is 0 Å². The Labute approximate surface area is 117 Å². The number of nitrogens with one attached hydrogen (secondary N) is 1. The first-order valence-electron chi connectivity index (χ1n) is 7.44. The molecule has 0 aromatic heterocycles. The molecule has 0 spiro atoms. The van der Waals surface area contributed by atoms with Gasteiger partial charge < -0.3 is 5.11 Å². The normalized spacial score (nSPS) is 20.4. The molecule has 1 atom stereocenters. The fourth-order valence-electron chi connectivity index (χ4n) is 2.56. The van der Waals surface area contributed by atoms with E-state index in [0.29, 0.717) is 13.1 Å². The predicted octanol–water partition coefficient (Wildman–Crippen LogP) is 1.49. The number of aliphatic hydroxyl groups excluding tert-OH is 1. The third kappa shape index (κ3) is 5.38. The summed E-state index contributed by atoms with van der Waals surface area (Å²) in [6.07, 6.45) is 5.18. The van der Waals surface area contributed by atoms with Crippen LogP contribution in [0.5, 0.6) is 0 Å². The van der Waals surface area contributed by atoms with Crippen molar-refractivity contribution in [2.45, 2.75) is 58.5 Å². The minimum atomic E-state index is -3.43. The lowest BCUT2D eigenvalue weighted by atomic mass is 9.97. The Bertz CT molecular complexity index is 334. The third-order valence-corrected chi connectivity index (χ3v) is 5.55. The van der Waals surface area contributed by atoms with E-state index in [1.807, 2.05) is 13.8 Å². The van der Waals surface area contributed by atoms with Crippen LogP contribution in [0.1, 0.15) is 52.4 Å². The minimum Gasteiger partial charge on any atom is -0.391 e. The number of hydrogen-bond acceptors (Lipinski definition) is 3. The summed E-state index contributed by atoms with van der Waals surface area (Å²) in [6, 6.07) is 0. The van der Waals surface area contributed by atoms with E-state index < -0.39 is 16.3 Å². The molecule has 1 heterocycles. The molecule has 114 valence electrons. The number of aliphatic hydroxyl groups is 1. The SMILES string of the molecule is CCC(CC)C(O)CNS(=O)(=O)N1CCCCCC1. The second-order valence-electron chi connectivity index (χ2n) is 5.31. The van der Waals surface area contributed by atoms with Gasteiger partial charge in [-0.15, -0.1) is 0 Å². The van der Waals surface area contributed by atoms with E-state index >= 15 is 0 Å². The van der Waals surface area contributed by atoms with E-state index in [1.165, 1.54) is 4.31 Å². The lowest BCUT2D eigenvalue weighted by molar-refractivity contribution is 0.106. The monoisotopic (exact) mass is 292 g/mol. The number of nitrogens with zero attached hydrogens (tertiary/aromatic N) is 1. The topological polar surface area (TPSA) is 69.6 Å². The van der Waals surface area contributed by atoms with Gasteiger partial charge in [0.15, 0.2) is 0 Å². The standard InChI is InChI=1S/C13H28N2O3S/c1-3-12(4-2)13(16)11-14-19(17,18)15-9-7-5-6-8-10-15/h12-14,16H,3-11H2,1-2H3. The van der Waals surface area contributed by atoms with Crippen molar-refractivity contribution < 1.29 is 13.5 Å². The molecule has 0 radical (unpaired) electrons. The van der Waals surface area contributed by atoms with Gasteiger partial charge in [0.2, 0.25) is 0 Å². The second kappa shape index (κ2) is 8.19. The second-order valence-corrected chi connectivity index (χ2v) is 7.07. The van der Waals surface area contributed by atoms with Crippen molar-refractivity contribution >= 4 is 10.2 Å². The molecule has 0 bridgehead atoms. The van der Waals surface area contributed by atoms with Gasteiger partial charge in [-0.2, -0.15) is 17.4 Å². The smallest absolute Gasteiger partial charge is 0.279 e. The molecule has 1 fully saturated rings. The quantitative estimate of drug-likeness (QED) is 0.747. The molecule has 0 saturated carbocycles. The lowest BCUT2D eigenvalue weighted by Gasteiger charge is -2.24. The van der Waals surface area contributed by atoms with Crippen LogP contribution < -0.4 is 4.72 Å². The fourth-order valence-corrected chi connectivity index (χ4v) is 3.87. The van der Waals surface area contributed by atoms with Crippen LogP contribution in [0.3, 0.4) is 0 Å². The molecule has 19 heavy (non-hydrogen) atoms. The maximum absolute atomic E-state index is 12.1. The lowest BCUT2D eigenvalue weighted by Crippen LogP contribution is -2.45. The zero-order chi connectivity index (χ0) is 14.3. The maximum Gasteiger partial charge on any atom is 0.279 e. The van der Waals surface area contributed by atoms with E-state index in [0.717, 1.165) is 38.5 Å². The van der Waals surface area contributed by atoms with Gasteiger partial charge in [0.1, 0.15) is 0 Å². The first-order valence-corrected chi connectivity index (χ1v) is 8.88. The molecule has 0 aromatic rings. The van der Waals surface area contributed by atoms with Gasteiger partial charge in [0.05, 0.1) is 6.10 Å². The Morgan fingerprint density at radius 1 is 1.11 bits per heavy atom. The molecule has 6 heteroatoms. The molecule has 1 unspecified atom stereocenters. The molecule has 1 aliphatic heterocycles. The molecule has 1 aliphatic rings. The van der Waals surface area contributed by atoms with Crippen LogP contribution in [0.4, 0.5) is 0 Å². The first kappa shape index (κ1) is 16.9. The average Bonchev–Trinajstić information content (AvgIpc) is 2.67. The zero-order valence-corrected chi connectivity index (χ0v) is 13.0. The van der Waals surface area contributed by atoms with Gasteiger partial charge in [-0.05, 0) is 18.8 Å². The molecule has 5 nitrogen and oxygen atoms in total. The summed E-state index contributed by atoms with van der Waals surface area (Å²) >= 11 is 0. The highest BCUT2D eigenvalue weighted by atomic mass is 32.2. The molecule has 1 rings (SSSR count). The van der Waals surface area contributed by atoms with E-state index in [2.05, 4.69) is 4.72 Å². The highest BCUT2D eigenvalue weighted by molar-refractivity contribution is 7.87. The van der Waals surface area contributed by atoms with Gasteiger partial charge >= 0.3 is 0 Å². The maximum atomic E-state index is 12.1. The van der Waals surface area contributed by atoms with Gasteiger partial charge in [-0.25, -0.2) is 0 Å². The summed E-state index contributed by atoms with van der Waals surface area (Å²) in [5, 5.41) is 9.98. The Balaban J connectivity index is 2.49. The Hall–Kier alpha value is -0.170. The van der Waals surface area contributed by atoms with Crippen molar-refractivity contribution in [3.63, 3.8) is 0 Å². The molecule has 0 amide bonds. The van der Waals surface area contributed by atoms with E-state index in [9.17, 15) is 13.5 Å². The minimum absolute atomic E-state index is 0.116. The Morgan fingerprint density at radius 2 is 1.63 bits per heavy atom. The highest BCUT2D eigenvalue weighted by Crippen LogP contribution is 2.14. The van der Waals surface area contributed by atoms with Crippen molar-refractivity contribution in [3.05, 3.63) is 0 Å². The summed E-state index contributed by atoms with van der Waals surface area (Å²) in [6.45, 7) is 5.33. The molecular formula is C13H28N2O3S. The predicted molar refractivity (Wildman–Crippen MR) is 77.0 cm³/mol. The van der Waals surface area contributed by atoms with Gasteiger partial charge in [-0.1, -0.05) is 39.5 Å². The summed E-state index contributed by atoms with van der Waals surface area (Å²) < 4.78 is 28.4. The summed E-state index contributed by atoms with van der Waals surface area (Å²) in [5.41, 5.74) is 0. The van der Waals surface area contributed by atoms with Crippen LogP contribution in [0.2, 0.25) is 0 Å². The van der Waals surface area contributed by atoms with Crippen LogP contribution in [0.25, 0.3) is 0 Å². The highest BCUT2D eigenvalue weighted by Gasteiger charge is 2.24. The van der Waals surface area contributed by atoms with Crippen LogP contribution in [0, 0.1) is 5.92 Å². The molecule has 0 aliphatic carbocycles. The number of hydrogen-bond donors (Lipinski definition) is 2. The van der Waals surface area contributed by atoms with Crippen LogP contribution in [0.15, 0.2) is 0 Å². The average molecular weight is 292 g/mol. The fraction of sp³-hybridized carbons (Fsp3) is 1.00. The molecular weight excluding hydrogens is 264 g/mol. The third-order valence-electron chi connectivity index (χ3n) is 3.97. The van der Waals surface area contributed by atoms with Crippen LogP contribution in [-0.4, -0.2) is 43.6 Å². The summed E-state index contributed by atoms with van der Waals surface area (Å²) in [5.74, 6) is 0.159. The molecule has 2 N–H and O–H groups in total. The van der Waals surface area contributed by atoms with Crippen molar-refractivity contribution in [1.82, 2.24) is 9.03 Å². The summed E-state index contributed by atoms with van der Waals surface area (Å²) in [4.78, 5) is 0. The van der Waals surface area contributed by atoms with Crippen molar-refractivity contribution in [1.29, 1.82) is 0 Å². The Morgan fingerprint density at radius 3 is 2.11 bits per heavy atom. The van der Waals surface area contributed by atoms with Crippen molar-refractivity contribution in [2.75, 3.05) is 19.6 Å². The van der Waals surface area contributed by atoms with Crippen LogP contribution >= 0.6 is 0 Å². The largest absolute Gasteiger partial charge is 0.391 e. The first-order chi connectivity index (χ1) is 9.01. The molecule has 1 saturated heterocycles. The zero-order valence-electron chi connectivity index (χ0n) is 12.1. The van der Waals surface area contributed by atoms with Crippen molar-refractivity contribution in [3.8, 4) is 0 Å². The Kier molecular flexibility index (Phi) is 7.28. The number of rotatable bonds is 7. The van der Waals surface area contributed by atoms with Crippen LogP contribution in [-0.2, 0) is 10.2 Å². The van der Waals surface area contributed by atoms with Crippen molar-refractivity contribution in [2.24, 2.45) is 5.92 Å². The van der Waals surface area contributed by atoms with Gasteiger partial charge in [0, 0.05) is 19.6 Å². The van der Waals surface area contributed by atoms with E-state index in [-0.39, 0.29) is 12.5 Å². The van der Waals surface area contributed by atoms with E-state index in [4.69, 9.17) is 0 Å². The molecule has 0 aromatic carbocycles.